The van der Waals surface area contributed by atoms with Gasteiger partial charge in [-0.25, -0.2) is 0 Å². The standard InChI is InChI=1S/C15H19N/c1-3-15(16-4-2)14-11-7-9-12-8-5-6-10-13(12)14/h1,5-6,8,10,14-16H,4,7,9,11H2,2H3. The topological polar surface area (TPSA) is 12.0 Å². The zero-order valence-corrected chi connectivity index (χ0v) is 9.87. The Balaban J connectivity index is 2.27. The predicted octanol–water partition coefficient (Wildman–Crippen LogP) is 2.72. The van der Waals surface area contributed by atoms with Crippen molar-refractivity contribution >= 4 is 0 Å². The summed E-state index contributed by atoms with van der Waals surface area (Å²) in [5.41, 5.74) is 2.94. The number of benzene rings is 1. The van der Waals surface area contributed by atoms with Crippen LogP contribution in [0.25, 0.3) is 0 Å². The molecule has 0 aromatic heterocycles. The lowest BCUT2D eigenvalue weighted by Gasteiger charge is -2.30. The summed E-state index contributed by atoms with van der Waals surface area (Å²) in [7, 11) is 0. The summed E-state index contributed by atoms with van der Waals surface area (Å²) in [6.45, 7) is 3.05. The van der Waals surface area contributed by atoms with Gasteiger partial charge in [0.25, 0.3) is 0 Å². The molecule has 16 heavy (non-hydrogen) atoms. The number of likely N-dealkylation sites (N-methyl/N-ethyl adjacent to an activating group) is 1. The molecule has 1 aliphatic rings. The second kappa shape index (κ2) is 5.18. The van der Waals surface area contributed by atoms with Gasteiger partial charge in [0.05, 0.1) is 6.04 Å². The highest BCUT2D eigenvalue weighted by Gasteiger charge is 2.25. The van der Waals surface area contributed by atoms with Crippen molar-refractivity contribution in [3.63, 3.8) is 0 Å². The number of terminal acetylenes is 1. The van der Waals surface area contributed by atoms with Crippen LogP contribution in [-0.2, 0) is 6.42 Å². The van der Waals surface area contributed by atoms with Gasteiger partial charge in [0.2, 0.25) is 0 Å². The molecule has 0 bridgehead atoms. The third-order valence-corrected chi connectivity index (χ3v) is 3.42. The van der Waals surface area contributed by atoms with Crippen molar-refractivity contribution in [3.05, 3.63) is 35.4 Å². The Hall–Kier alpha value is -1.26. The third-order valence-electron chi connectivity index (χ3n) is 3.42. The Bertz CT molecular complexity index is 389. The van der Waals surface area contributed by atoms with Gasteiger partial charge in [-0.2, -0.15) is 0 Å². The van der Waals surface area contributed by atoms with Gasteiger partial charge >= 0.3 is 0 Å². The second-order valence-electron chi connectivity index (χ2n) is 4.40. The van der Waals surface area contributed by atoms with Crippen molar-refractivity contribution in [1.29, 1.82) is 0 Å². The molecule has 0 aliphatic heterocycles. The molecule has 1 aromatic rings. The first-order valence-electron chi connectivity index (χ1n) is 6.14. The lowest BCUT2D eigenvalue weighted by Crippen LogP contribution is -2.35. The summed E-state index contributed by atoms with van der Waals surface area (Å²) in [6, 6.07) is 8.91. The highest BCUT2D eigenvalue weighted by Crippen LogP contribution is 2.33. The number of hydrogen-bond donors (Lipinski definition) is 1. The van der Waals surface area contributed by atoms with E-state index in [1.54, 1.807) is 0 Å². The van der Waals surface area contributed by atoms with Crippen molar-refractivity contribution in [2.24, 2.45) is 0 Å². The SMILES string of the molecule is C#CC(NCC)C1CCCc2ccccc21. The Kier molecular flexibility index (Phi) is 3.64. The van der Waals surface area contributed by atoms with E-state index in [1.807, 2.05) is 0 Å². The molecule has 1 nitrogen and oxygen atoms in total. The normalized spacial score (nSPS) is 20.9. The summed E-state index contributed by atoms with van der Waals surface area (Å²) >= 11 is 0. The van der Waals surface area contributed by atoms with Crippen molar-refractivity contribution < 1.29 is 0 Å². The molecule has 1 aliphatic carbocycles. The van der Waals surface area contributed by atoms with Crippen LogP contribution in [0, 0.1) is 12.3 Å². The molecule has 0 fully saturated rings. The zero-order chi connectivity index (χ0) is 11.4. The van der Waals surface area contributed by atoms with Gasteiger partial charge in [-0.05, 0) is 36.9 Å². The van der Waals surface area contributed by atoms with Gasteiger partial charge < -0.3 is 5.32 Å². The van der Waals surface area contributed by atoms with Crippen LogP contribution in [0.4, 0.5) is 0 Å². The fourth-order valence-electron chi connectivity index (χ4n) is 2.68. The van der Waals surface area contributed by atoms with Gasteiger partial charge in [-0.15, -0.1) is 6.42 Å². The zero-order valence-electron chi connectivity index (χ0n) is 9.87. The van der Waals surface area contributed by atoms with E-state index in [1.165, 1.54) is 30.4 Å². The van der Waals surface area contributed by atoms with Crippen LogP contribution in [0.3, 0.4) is 0 Å². The third kappa shape index (κ3) is 2.13. The molecule has 2 unspecified atom stereocenters. The van der Waals surface area contributed by atoms with E-state index in [0.29, 0.717) is 5.92 Å². The molecular weight excluding hydrogens is 194 g/mol. The summed E-state index contributed by atoms with van der Waals surface area (Å²) in [5.74, 6) is 3.40. The van der Waals surface area contributed by atoms with Crippen molar-refractivity contribution in [2.75, 3.05) is 6.54 Å². The molecule has 0 saturated carbocycles. The number of aryl methyl sites for hydroxylation is 1. The molecule has 1 aromatic carbocycles. The number of nitrogens with one attached hydrogen (secondary N) is 1. The van der Waals surface area contributed by atoms with Crippen molar-refractivity contribution in [1.82, 2.24) is 5.32 Å². The summed E-state index contributed by atoms with van der Waals surface area (Å²) in [4.78, 5) is 0. The van der Waals surface area contributed by atoms with E-state index in [0.717, 1.165) is 6.54 Å². The first-order chi connectivity index (χ1) is 7.86. The molecule has 2 rings (SSSR count). The van der Waals surface area contributed by atoms with Crippen LogP contribution >= 0.6 is 0 Å². The highest BCUT2D eigenvalue weighted by atomic mass is 14.9. The lowest BCUT2D eigenvalue weighted by atomic mass is 9.79. The molecule has 0 spiro atoms. The Morgan fingerprint density at radius 3 is 3.06 bits per heavy atom. The average molecular weight is 213 g/mol. The van der Waals surface area contributed by atoms with Gasteiger partial charge in [-0.1, -0.05) is 37.1 Å². The molecule has 1 heteroatoms. The van der Waals surface area contributed by atoms with E-state index >= 15 is 0 Å². The number of fused-ring (bicyclic) bond motifs is 1. The Labute approximate surface area is 98.3 Å². The summed E-state index contributed by atoms with van der Waals surface area (Å²) in [6.07, 6.45) is 9.30. The summed E-state index contributed by atoms with van der Waals surface area (Å²) < 4.78 is 0. The molecule has 0 saturated heterocycles. The quantitative estimate of drug-likeness (QED) is 0.761. The largest absolute Gasteiger partial charge is 0.303 e. The molecule has 0 radical (unpaired) electrons. The van der Waals surface area contributed by atoms with Crippen molar-refractivity contribution in [3.8, 4) is 12.3 Å². The maximum absolute atomic E-state index is 5.63. The van der Waals surface area contributed by atoms with E-state index in [9.17, 15) is 0 Å². The van der Waals surface area contributed by atoms with Gasteiger partial charge in [0, 0.05) is 5.92 Å². The maximum Gasteiger partial charge on any atom is 0.0756 e. The fourth-order valence-corrected chi connectivity index (χ4v) is 2.68. The average Bonchev–Trinajstić information content (AvgIpc) is 2.35. The van der Waals surface area contributed by atoms with E-state index in [-0.39, 0.29) is 6.04 Å². The molecular formula is C15H19N. The van der Waals surface area contributed by atoms with Crippen LogP contribution < -0.4 is 5.32 Å². The minimum Gasteiger partial charge on any atom is -0.303 e. The number of rotatable bonds is 3. The molecule has 0 amide bonds. The smallest absolute Gasteiger partial charge is 0.0756 e. The van der Waals surface area contributed by atoms with Gasteiger partial charge in [-0.3, -0.25) is 0 Å². The first-order valence-corrected chi connectivity index (χ1v) is 6.14. The van der Waals surface area contributed by atoms with E-state index < -0.39 is 0 Å². The summed E-state index contributed by atoms with van der Waals surface area (Å²) in [5, 5.41) is 3.41. The predicted molar refractivity (Wildman–Crippen MR) is 68.4 cm³/mol. The first kappa shape index (κ1) is 11.2. The molecule has 0 heterocycles. The molecule has 1 N–H and O–H groups in total. The number of hydrogen-bond acceptors (Lipinski definition) is 1. The second-order valence-corrected chi connectivity index (χ2v) is 4.40. The van der Waals surface area contributed by atoms with E-state index in [4.69, 9.17) is 6.42 Å². The van der Waals surface area contributed by atoms with Crippen LogP contribution in [0.1, 0.15) is 36.8 Å². The van der Waals surface area contributed by atoms with Crippen LogP contribution in [-0.4, -0.2) is 12.6 Å². The van der Waals surface area contributed by atoms with Gasteiger partial charge in [0.15, 0.2) is 0 Å². The Morgan fingerprint density at radius 2 is 2.31 bits per heavy atom. The fraction of sp³-hybridized carbons (Fsp3) is 0.467. The minimum atomic E-state index is 0.187. The van der Waals surface area contributed by atoms with E-state index in [2.05, 4.69) is 42.4 Å². The lowest BCUT2D eigenvalue weighted by molar-refractivity contribution is 0.461. The van der Waals surface area contributed by atoms with Gasteiger partial charge in [0.1, 0.15) is 0 Å². The van der Waals surface area contributed by atoms with Crippen LogP contribution in [0.2, 0.25) is 0 Å². The van der Waals surface area contributed by atoms with Crippen LogP contribution in [0.15, 0.2) is 24.3 Å². The Morgan fingerprint density at radius 1 is 1.50 bits per heavy atom. The maximum atomic E-state index is 5.63. The molecule has 84 valence electrons. The minimum absolute atomic E-state index is 0.187. The monoisotopic (exact) mass is 213 g/mol. The van der Waals surface area contributed by atoms with Crippen molar-refractivity contribution in [2.45, 2.75) is 38.1 Å². The highest BCUT2D eigenvalue weighted by molar-refractivity contribution is 5.35. The van der Waals surface area contributed by atoms with Crippen LogP contribution in [0.5, 0.6) is 0 Å². The molecule has 2 atom stereocenters.